The molecule has 2 rings (SSSR count). The maximum atomic E-state index is 2.84. The van der Waals surface area contributed by atoms with E-state index in [1.54, 1.807) is 0 Å². The fourth-order valence-corrected chi connectivity index (χ4v) is 4.37. The van der Waals surface area contributed by atoms with Gasteiger partial charge in [-0.05, 0) is 58.5 Å². The molecule has 0 aromatic carbocycles. The van der Waals surface area contributed by atoms with Crippen molar-refractivity contribution in [3.63, 3.8) is 0 Å². The molecule has 106 valence electrons. The first-order valence-electron chi connectivity index (χ1n) is 7.52. The lowest BCUT2D eigenvalue weighted by molar-refractivity contribution is 0.0432. The van der Waals surface area contributed by atoms with Gasteiger partial charge in [-0.25, -0.2) is 0 Å². The van der Waals surface area contributed by atoms with Crippen molar-refractivity contribution in [2.24, 2.45) is 17.3 Å². The lowest BCUT2D eigenvalue weighted by Crippen LogP contribution is -2.52. The Bertz CT molecular complexity index is 316. The fraction of sp³-hybridized carbons (Fsp3) is 1.00. The minimum absolute atomic E-state index is 0.304. The molecule has 0 spiro atoms. The van der Waals surface area contributed by atoms with Gasteiger partial charge in [0.25, 0.3) is 0 Å². The topological polar surface area (TPSA) is 6.48 Å². The van der Waals surface area contributed by atoms with E-state index in [0.717, 1.165) is 23.9 Å². The Morgan fingerprint density at radius 3 is 2.22 bits per heavy atom. The predicted octanol–water partition coefficient (Wildman–Crippen LogP) is 3.08. The van der Waals surface area contributed by atoms with Crippen LogP contribution in [0.1, 0.15) is 48.0 Å². The van der Waals surface area contributed by atoms with Crippen LogP contribution in [0.5, 0.6) is 0 Å². The van der Waals surface area contributed by atoms with Crippen molar-refractivity contribution in [1.82, 2.24) is 9.80 Å². The van der Waals surface area contributed by atoms with E-state index in [2.05, 4.69) is 65.4 Å². The second-order valence-corrected chi connectivity index (χ2v) is 8.41. The van der Waals surface area contributed by atoms with E-state index < -0.39 is 0 Å². The summed E-state index contributed by atoms with van der Waals surface area (Å²) >= 11 is 0. The number of rotatable bonds is 3. The molecule has 0 bridgehead atoms. The lowest BCUT2D eigenvalue weighted by atomic mass is 9.80. The Labute approximate surface area is 114 Å². The Hall–Kier alpha value is -0.0800. The van der Waals surface area contributed by atoms with Gasteiger partial charge in [0.05, 0.1) is 0 Å². The molecule has 0 N–H and O–H groups in total. The van der Waals surface area contributed by atoms with Crippen LogP contribution in [0.3, 0.4) is 0 Å². The quantitative estimate of drug-likeness (QED) is 0.761. The van der Waals surface area contributed by atoms with Gasteiger partial charge >= 0.3 is 0 Å². The molecule has 0 aromatic rings. The van der Waals surface area contributed by atoms with E-state index in [0.29, 0.717) is 11.0 Å². The zero-order valence-electron chi connectivity index (χ0n) is 13.6. The van der Waals surface area contributed by atoms with Crippen LogP contribution in [0, 0.1) is 17.3 Å². The molecule has 3 unspecified atom stereocenters. The number of piperidine rings is 1. The summed E-state index contributed by atoms with van der Waals surface area (Å²) in [4.78, 5) is 5.22. The summed E-state index contributed by atoms with van der Waals surface area (Å²) in [5, 5.41) is 0. The van der Waals surface area contributed by atoms with Gasteiger partial charge in [0.1, 0.15) is 0 Å². The van der Waals surface area contributed by atoms with Crippen LogP contribution in [0.25, 0.3) is 0 Å². The molecular formula is C16H32N2. The van der Waals surface area contributed by atoms with Crippen molar-refractivity contribution in [1.29, 1.82) is 0 Å². The van der Waals surface area contributed by atoms with Crippen LogP contribution in [-0.4, -0.2) is 48.1 Å². The molecular weight excluding hydrogens is 220 g/mol. The Kier molecular flexibility index (Phi) is 3.35. The highest BCUT2D eigenvalue weighted by Gasteiger charge is 2.68. The van der Waals surface area contributed by atoms with Crippen LogP contribution < -0.4 is 0 Å². The summed E-state index contributed by atoms with van der Waals surface area (Å²) in [6.45, 7) is 15.7. The second kappa shape index (κ2) is 4.21. The number of hydrogen-bond acceptors (Lipinski definition) is 2. The maximum absolute atomic E-state index is 2.84. The maximum Gasteiger partial charge on any atom is 0.0173 e. The molecule has 0 aromatic heterocycles. The molecule has 1 saturated heterocycles. The summed E-state index contributed by atoms with van der Waals surface area (Å²) in [6, 6.07) is 1.57. The molecule has 1 aliphatic heterocycles. The van der Waals surface area contributed by atoms with E-state index in [9.17, 15) is 0 Å². The van der Waals surface area contributed by atoms with Crippen molar-refractivity contribution in [2.45, 2.75) is 65.6 Å². The molecule has 18 heavy (non-hydrogen) atoms. The molecule has 4 atom stereocenters. The predicted molar refractivity (Wildman–Crippen MR) is 78.8 cm³/mol. The number of nitrogens with zero attached hydrogens (tertiary/aromatic N) is 2. The molecule has 0 radical (unpaired) electrons. The van der Waals surface area contributed by atoms with Crippen LogP contribution in [-0.2, 0) is 0 Å². The molecule has 2 aliphatic rings. The zero-order valence-corrected chi connectivity index (χ0v) is 13.6. The highest BCUT2D eigenvalue weighted by molar-refractivity contribution is 5.21. The van der Waals surface area contributed by atoms with Crippen molar-refractivity contribution in [3.8, 4) is 0 Å². The minimum atomic E-state index is 0.304. The summed E-state index contributed by atoms with van der Waals surface area (Å²) in [7, 11) is 4.44. The molecule has 0 amide bonds. The first-order chi connectivity index (χ1) is 8.09. The Balaban J connectivity index is 2.29. The standard InChI is InChI=1S/C16H32N2/c1-11(2)14-12(10-17(7)8)16(6)9-13(16)18(14)15(3,4)5/h11-14H,9-10H2,1-8H3/t12?,13?,14-,16?/m1/s1. The lowest BCUT2D eigenvalue weighted by Gasteiger charge is -2.44. The highest BCUT2D eigenvalue weighted by Crippen LogP contribution is 2.65. The van der Waals surface area contributed by atoms with E-state index in [1.165, 1.54) is 13.0 Å². The van der Waals surface area contributed by atoms with Gasteiger partial charge in [0.2, 0.25) is 0 Å². The third-order valence-electron chi connectivity index (χ3n) is 5.17. The normalized spacial score (nSPS) is 40.7. The third kappa shape index (κ3) is 2.12. The number of hydrogen-bond donors (Lipinski definition) is 0. The van der Waals surface area contributed by atoms with Gasteiger partial charge in [-0.3, -0.25) is 4.90 Å². The SMILES string of the molecule is CC(C)[C@@H]1C(CN(C)C)C2(C)CC2N1C(C)(C)C. The first kappa shape index (κ1) is 14.3. The average Bonchev–Trinajstić information content (AvgIpc) is 2.75. The van der Waals surface area contributed by atoms with Gasteiger partial charge in [-0.1, -0.05) is 20.8 Å². The van der Waals surface area contributed by atoms with Gasteiger partial charge in [0.15, 0.2) is 0 Å². The summed E-state index contributed by atoms with van der Waals surface area (Å²) in [5.74, 6) is 1.58. The summed E-state index contributed by atoms with van der Waals surface area (Å²) in [5.41, 5.74) is 0.880. The van der Waals surface area contributed by atoms with Crippen LogP contribution >= 0.6 is 0 Å². The molecule has 1 heterocycles. The monoisotopic (exact) mass is 252 g/mol. The third-order valence-corrected chi connectivity index (χ3v) is 5.17. The molecule has 2 fully saturated rings. The zero-order chi connectivity index (χ0) is 13.9. The summed E-state index contributed by atoms with van der Waals surface area (Å²) in [6.07, 6.45) is 1.41. The number of likely N-dealkylation sites (tertiary alicyclic amines) is 1. The van der Waals surface area contributed by atoms with Crippen molar-refractivity contribution >= 4 is 0 Å². The van der Waals surface area contributed by atoms with Gasteiger partial charge < -0.3 is 4.90 Å². The second-order valence-electron chi connectivity index (χ2n) is 8.41. The van der Waals surface area contributed by atoms with E-state index >= 15 is 0 Å². The van der Waals surface area contributed by atoms with Crippen LogP contribution in [0.4, 0.5) is 0 Å². The van der Waals surface area contributed by atoms with E-state index in [4.69, 9.17) is 0 Å². The van der Waals surface area contributed by atoms with Gasteiger partial charge in [-0.15, -0.1) is 0 Å². The minimum Gasteiger partial charge on any atom is -0.309 e. The van der Waals surface area contributed by atoms with E-state index in [1.807, 2.05) is 0 Å². The largest absolute Gasteiger partial charge is 0.309 e. The van der Waals surface area contributed by atoms with Crippen molar-refractivity contribution < 1.29 is 0 Å². The number of fused-ring (bicyclic) bond motifs is 1. The Morgan fingerprint density at radius 2 is 1.83 bits per heavy atom. The smallest absolute Gasteiger partial charge is 0.0173 e. The van der Waals surface area contributed by atoms with Crippen molar-refractivity contribution in [3.05, 3.63) is 0 Å². The molecule has 1 saturated carbocycles. The Morgan fingerprint density at radius 1 is 1.28 bits per heavy atom. The molecule has 2 nitrogen and oxygen atoms in total. The molecule has 2 heteroatoms. The first-order valence-corrected chi connectivity index (χ1v) is 7.52. The van der Waals surface area contributed by atoms with Gasteiger partial charge in [0, 0.05) is 24.2 Å². The van der Waals surface area contributed by atoms with Crippen LogP contribution in [0.2, 0.25) is 0 Å². The molecule has 1 aliphatic carbocycles. The van der Waals surface area contributed by atoms with E-state index in [-0.39, 0.29) is 0 Å². The highest BCUT2D eigenvalue weighted by atomic mass is 15.3. The summed E-state index contributed by atoms with van der Waals surface area (Å²) < 4.78 is 0. The average molecular weight is 252 g/mol. The van der Waals surface area contributed by atoms with Crippen molar-refractivity contribution in [2.75, 3.05) is 20.6 Å². The van der Waals surface area contributed by atoms with Crippen LogP contribution in [0.15, 0.2) is 0 Å². The fourth-order valence-electron chi connectivity index (χ4n) is 4.37. The van der Waals surface area contributed by atoms with Gasteiger partial charge in [-0.2, -0.15) is 0 Å².